The molecule has 11 nitrogen and oxygen atoms in total. The highest BCUT2D eigenvalue weighted by Gasteiger charge is 2.58. The number of carbonyl (C=O) groups is 4. The van der Waals surface area contributed by atoms with E-state index < -0.39 is 71.4 Å². The van der Waals surface area contributed by atoms with Gasteiger partial charge in [0.1, 0.15) is 25.3 Å². The summed E-state index contributed by atoms with van der Waals surface area (Å²) in [7, 11) is -4.32. The molecular formula is C21H27NO10S. The minimum absolute atomic E-state index is 0.0983. The Hall–Kier alpha value is -2.99. The van der Waals surface area contributed by atoms with Gasteiger partial charge in [-0.3, -0.25) is 19.2 Å². The third-order valence-electron chi connectivity index (χ3n) is 4.85. The normalized spacial score (nSPS) is 22.9. The maximum Gasteiger partial charge on any atom is 0.303 e. The Morgan fingerprint density at radius 2 is 1.15 bits per heavy atom. The summed E-state index contributed by atoms with van der Waals surface area (Å²) >= 11 is 0. The first-order valence-corrected chi connectivity index (χ1v) is 11.5. The van der Waals surface area contributed by atoms with Crippen molar-refractivity contribution >= 4 is 33.9 Å². The van der Waals surface area contributed by atoms with Crippen LogP contribution in [0.1, 0.15) is 33.3 Å². The Kier molecular flexibility index (Phi) is 8.56. The highest BCUT2D eigenvalue weighted by Crippen LogP contribution is 2.36. The first-order chi connectivity index (χ1) is 15.3. The van der Waals surface area contributed by atoms with Crippen LogP contribution in [0.15, 0.2) is 29.2 Å². The number of esters is 4. The van der Waals surface area contributed by atoms with E-state index in [0.29, 0.717) is 0 Å². The van der Waals surface area contributed by atoms with E-state index in [0.717, 1.165) is 37.6 Å². The Balaban J connectivity index is 2.67. The molecular weight excluding hydrogens is 458 g/mol. The summed E-state index contributed by atoms with van der Waals surface area (Å²) in [6, 6.07) is 3.45. The highest BCUT2D eigenvalue weighted by molar-refractivity contribution is 7.89. The Labute approximate surface area is 192 Å². The van der Waals surface area contributed by atoms with Crippen LogP contribution in [-0.2, 0) is 48.1 Å². The van der Waals surface area contributed by atoms with Crippen LogP contribution in [0.2, 0.25) is 0 Å². The number of carbonyl (C=O) groups excluding carboxylic acids is 4. The molecule has 1 aliphatic rings. The monoisotopic (exact) mass is 485 g/mol. The molecule has 1 fully saturated rings. The van der Waals surface area contributed by atoms with Gasteiger partial charge in [0.05, 0.1) is 4.90 Å². The molecule has 1 aromatic rings. The minimum Gasteiger partial charge on any atom is -0.464 e. The molecule has 33 heavy (non-hydrogen) atoms. The van der Waals surface area contributed by atoms with Gasteiger partial charge in [0, 0.05) is 27.7 Å². The summed E-state index contributed by atoms with van der Waals surface area (Å²) in [5.41, 5.74) is 0.818. The molecule has 0 radical (unpaired) electrons. The number of aryl methyl sites for hydroxylation is 1. The van der Waals surface area contributed by atoms with Crippen molar-refractivity contribution < 1.29 is 46.5 Å². The van der Waals surface area contributed by atoms with Crippen molar-refractivity contribution in [3.63, 3.8) is 0 Å². The highest BCUT2D eigenvalue weighted by atomic mass is 32.2. The summed E-state index contributed by atoms with van der Waals surface area (Å²) in [6.07, 6.45) is -2.65. The predicted octanol–water partition coefficient (Wildman–Crippen LogP) is 0.726. The number of hydrogen-bond acceptors (Lipinski definition) is 10. The zero-order valence-corrected chi connectivity index (χ0v) is 19.8. The maximum absolute atomic E-state index is 13.7. The van der Waals surface area contributed by atoms with Crippen LogP contribution in [0.3, 0.4) is 0 Å². The Bertz CT molecular complexity index is 960. The molecule has 0 unspecified atom stereocenters. The standard InChI is InChI=1S/C21H27NO10S/c1-12-6-8-17(9-7-12)33(27,28)22-18(10-29-13(2)23)20(31-15(4)25)21(32-16(5)26)19(22)11-30-14(3)24/h6-9,18-21H,10-11H2,1-5H3/t18-,19-,20+,21+/m0/s1. The smallest absolute Gasteiger partial charge is 0.303 e. The molecule has 0 aromatic heterocycles. The average molecular weight is 486 g/mol. The summed E-state index contributed by atoms with van der Waals surface area (Å²) in [5, 5.41) is 0. The minimum atomic E-state index is -4.32. The molecule has 4 atom stereocenters. The van der Waals surface area contributed by atoms with E-state index >= 15 is 0 Å². The molecule has 2 rings (SSSR count). The van der Waals surface area contributed by atoms with Gasteiger partial charge in [0.15, 0.2) is 12.2 Å². The van der Waals surface area contributed by atoms with E-state index in [2.05, 4.69) is 0 Å². The van der Waals surface area contributed by atoms with E-state index in [9.17, 15) is 27.6 Å². The number of hydrogen-bond donors (Lipinski definition) is 0. The van der Waals surface area contributed by atoms with Crippen molar-refractivity contribution in [1.29, 1.82) is 0 Å². The lowest BCUT2D eigenvalue weighted by atomic mass is 10.1. The lowest BCUT2D eigenvalue weighted by molar-refractivity contribution is -0.166. The Morgan fingerprint density at radius 3 is 1.48 bits per heavy atom. The lowest BCUT2D eigenvalue weighted by Crippen LogP contribution is -2.48. The second kappa shape index (κ2) is 10.8. The van der Waals surface area contributed by atoms with Gasteiger partial charge in [0.25, 0.3) is 0 Å². The molecule has 182 valence electrons. The van der Waals surface area contributed by atoms with Crippen LogP contribution in [-0.4, -0.2) is 74.1 Å². The number of benzene rings is 1. The molecule has 1 saturated heterocycles. The summed E-state index contributed by atoms with van der Waals surface area (Å²) in [4.78, 5) is 46.5. The van der Waals surface area contributed by atoms with Crippen molar-refractivity contribution in [2.24, 2.45) is 0 Å². The molecule has 1 aliphatic heterocycles. The van der Waals surface area contributed by atoms with Gasteiger partial charge in [-0.25, -0.2) is 8.42 Å². The van der Waals surface area contributed by atoms with Crippen molar-refractivity contribution in [2.75, 3.05) is 13.2 Å². The fourth-order valence-corrected chi connectivity index (χ4v) is 5.38. The summed E-state index contributed by atoms with van der Waals surface area (Å²) in [5.74, 6) is -2.94. The molecule has 1 heterocycles. The van der Waals surface area contributed by atoms with Crippen molar-refractivity contribution in [3.05, 3.63) is 29.8 Å². The van der Waals surface area contributed by atoms with Crippen molar-refractivity contribution in [1.82, 2.24) is 4.31 Å². The number of nitrogens with zero attached hydrogens (tertiary/aromatic N) is 1. The largest absolute Gasteiger partial charge is 0.464 e. The van der Waals surface area contributed by atoms with Crippen LogP contribution in [0.25, 0.3) is 0 Å². The number of rotatable bonds is 8. The zero-order valence-electron chi connectivity index (χ0n) is 19.0. The number of sulfonamides is 1. The lowest BCUT2D eigenvalue weighted by Gasteiger charge is -2.29. The second-order valence-electron chi connectivity index (χ2n) is 7.54. The van der Waals surface area contributed by atoms with E-state index in [-0.39, 0.29) is 4.90 Å². The first kappa shape index (κ1) is 26.3. The quantitative estimate of drug-likeness (QED) is 0.382. The van der Waals surface area contributed by atoms with Crippen LogP contribution in [0, 0.1) is 6.92 Å². The van der Waals surface area contributed by atoms with Crippen molar-refractivity contribution in [2.45, 2.75) is 63.8 Å². The van der Waals surface area contributed by atoms with E-state index in [1.54, 1.807) is 19.1 Å². The number of ether oxygens (including phenoxy) is 4. The molecule has 0 aliphatic carbocycles. The van der Waals surface area contributed by atoms with Gasteiger partial charge in [-0.1, -0.05) is 17.7 Å². The van der Waals surface area contributed by atoms with Crippen molar-refractivity contribution in [3.8, 4) is 0 Å². The van der Waals surface area contributed by atoms with Crippen LogP contribution in [0.4, 0.5) is 0 Å². The fraction of sp³-hybridized carbons (Fsp3) is 0.524. The molecule has 0 N–H and O–H groups in total. The molecule has 12 heteroatoms. The second-order valence-corrected chi connectivity index (χ2v) is 9.38. The maximum atomic E-state index is 13.7. The third kappa shape index (κ3) is 6.51. The van der Waals surface area contributed by atoms with E-state index in [4.69, 9.17) is 18.9 Å². The SMILES string of the molecule is CC(=O)OC[C@H]1[C@@H](OC(C)=O)[C@H](OC(C)=O)[C@H](COC(C)=O)N1S(=O)(=O)c1ccc(C)cc1. The van der Waals surface area contributed by atoms with Crippen LogP contribution in [0.5, 0.6) is 0 Å². The van der Waals surface area contributed by atoms with Gasteiger partial charge < -0.3 is 18.9 Å². The average Bonchev–Trinajstić information content (AvgIpc) is 2.97. The zero-order chi connectivity index (χ0) is 24.9. The summed E-state index contributed by atoms with van der Waals surface area (Å²) in [6.45, 7) is 5.27. The van der Waals surface area contributed by atoms with E-state index in [1.807, 2.05) is 0 Å². The Morgan fingerprint density at radius 1 is 0.758 bits per heavy atom. The van der Waals surface area contributed by atoms with Crippen LogP contribution < -0.4 is 0 Å². The van der Waals surface area contributed by atoms with E-state index in [1.165, 1.54) is 12.1 Å². The summed E-state index contributed by atoms with van der Waals surface area (Å²) < 4.78 is 49.1. The van der Waals surface area contributed by atoms with Gasteiger partial charge >= 0.3 is 23.9 Å². The molecule has 0 amide bonds. The van der Waals surface area contributed by atoms with Crippen LogP contribution >= 0.6 is 0 Å². The van der Waals surface area contributed by atoms with Gasteiger partial charge in [-0.15, -0.1) is 0 Å². The fourth-order valence-electron chi connectivity index (χ4n) is 3.58. The van der Waals surface area contributed by atoms with Gasteiger partial charge in [-0.05, 0) is 19.1 Å². The first-order valence-electron chi connectivity index (χ1n) is 10.1. The topological polar surface area (TPSA) is 143 Å². The molecule has 1 aromatic carbocycles. The van der Waals surface area contributed by atoms with Gasteiger partial charge in [-0.2, -0.15) is 4.31 Å². The molecule has 0 bridgehead atoms. The van der Waals surface area contributed by atoms with Gasteiger partial charge in [0.2, 0.25) is 10.0 Å². The third-order valence-corrected chi connectivity index (χ3v) is 6.82. The molecule has 0 saturated carbocycles. The predicted molar refractivity (Wildman–Crippen MR) is 112 cm³/mol. The molecule has 0 spiro atoms.